The lowest BCUT2D eigenvalue weighted by atomic mass is 10.1. The zero-order chi connectivity index (χ0) is 10.4. The number of hydrogen-bond acceptors (Lipinski definition) is 3. The van der Waals surface area contributed by atoms with Crippen LogP contribution in [0.2, 0.25) is 0 Å². The van der Waals surface area contributed by atoms with E-state index in [-0.39, 0.29) is 0 Å². The number of carbonyl (C=O) groups excluding carboxylic acids is 1. The van der Waals surface area contributed by atoms with Crippen LogP contribution in [0.25, 0.3) is 0 Å². The van der Waals surface area contributed by atoms with Gasteiger partial charge in [-0.25, -0.2) is 10.2 Å². The first-order valence-corrected chi connectivity index (χ1v) is 4.17. The zero-order valence-electron chi connectivity index (χ0n) is 8.15. The maximum absolute atomic E-state index is 10.7. The van der Waals surface area contributed by atoms with Crippen LogP contribution in [0.4, 0.5) is 4.79 Å². The second kappa shape index (κ2) is 5.01. The van der Waals surface area contributed by atoms with Crippen LogP contribution in [0.1, 0.15) is 12.5 Å². The van der Waals surface area contributed by atoms with Gasteiger partial charge in [0, 0.05) is 0 Å². The van der Waals surface area contributed by atoms with E-state index < -0.39 is 6.09 Å². The summed E-state index contributed by atoms with van der Waals surface area (Å²) in [5.41, 5.74) is 3.95. The fourth-order valence-electron chi connectivity index (χ4n) is 0.919. The van der Waals surface area contributed by atoms with Gasteiger partial charge in [-0.15, -0.1) is 0 Å². The SMILES string of the molecule is COC(=O)N/N=C(/C)c1ccccc1. The Hall–Kier alpha value is -1.84. The third kappa shape index (κ3) is 2.90. The number of ether oxygens (including phenoxy) is 1. The summed E-state index contributed by atoms with van der Waals surface area (Å²) in [7, 11) is 1.29. The minimum absolute atomic E-state index is 0.569. The maximum atomic E-state index is 10.7. The molecule has 1 amide bonds. The summed E-state index contributed by atoms with van der Waals surface area (Å²) in [4.78, 5) is 10.7. The molecule has 14 heavy (non-hydrogen) atoms. The van der Waals surface area contributed by atoms with Crippen LogP contribution in [0.5, 0.6) is 0 Å². The molecular formula is C10H12N2O2. The van der Waals surface area contributed by atoms with Crippen molar-refractivity contribution in [2.24, 2.45) is 5.10 Å². The van der Waals surface area contributed by atoms with Crippen molar-refractivity contribution in [3.8, 4) is 0 Å². The van der Waals surface area contributed by atoms with E-state index in [1.54, 1.807) is 0 Å². The molecule has 0 heterocycles. The summed E-state index contributed by atoms with van der Waals surface area (Å²) in [6, 6.07) is 9.57. The predicted octanol–water partition coefficient (Wildman–Crippen LogP) is 1.77. The Balaban J connectivity index is 2.66. The molecule has 0 aliphatic rings. The molecule has 0 fully saturated rings. The maximum Gasteiger partial charge on any atom is 0.427 e. The van der Waals surface area contributed by atoms with Gasteiger partial charge >= 0.3 is 6.09 Å². The van der Waals surface area contributed by atoms with E-state index in [1.807, 2.05) is 37.3 Å². The number of rotatable bonds is 2. The Labute approximate surface area is 82.6 Å². The minimum atomic E-state index is -0.569. The van der Waals surface area contributed by atoms with Crippen molar-refractivity contribution in [1.82, 2.24) is 5.43 Å². The molecule has 4 nitrogen and oxygen atoms in total. The highest BCUT2D eigenvalue weighted by Gasteiger charge is 1.97. The molecule has 1 rings (SSSR count). The lowest BCUT2D eigenvalue weighted by molar-refractivity contribution is 0.171. The number of nitrogens with one attached hydrogen (secondary N) is 1. The molecule has 1 aromatic rings. The van der Waals surface area contributed by atoms with Gasteiger partial charge in [-0.1, -0.05) is 30.3 Å². The fourth-order valence-corrected chi connectivity index (χ4v) is 0.919. The van der Waals surface area contributed by atoms with E-state index in [0.717, 1.165) is 11.3 Å². The zero-order valence-corrected chi connectivity index (χ0v) is 8.15. The molecule has 0 unspecified atom stereocenters. The van der Waals surface area contributed by atoms with Crippen molar-refractivity contribution in [1.29, 1.82) is 0 Å². The van der Waals surface area contributed by atoms with Gasteiger partial charge in [0.15, 0.2) is 0 Å². The number of nitrogens with zero attached hydrogens (tertiary/aromatic N) is 1. The van der Waals surface area contributed by atoms with E-state index in [0.29, 0.717) is 0 Å². The normalized spacial score (nSPS) is 10.9. The average Bonchev–Trinajstić information content (AvgIpc) is 2.26. The smallest absolute Gasteiger partial charge is 0.427 e. The highest BCUT2D eigenvalue weighted by Crippen LogP contribution is 1.99. The van der Waals surface area contributed by atoms with Crippen molar-refractivity contribution in [2.45, 2.75) is 6.92 Å². The Morgan fingerprint density at radius 3 is 2.57 bits per heavy atom. The summed E-state index contributed by atoms with van der Waals surface area (Å²) in [6.45, 7) is 1.81. The third-order valence-electron chi connectivity index (χ3n) is 1.69. The standard InChI is InChI=1S/C10H12N2O2/c1-8(11-12-10(13)14-2)9-6-4-3-5-7-9/h3-7H,1-2H3,(H,12,13)/b11-8-. The van der Waals surface area contributed by atoms with Gasteiger partial charge in [0.1, 0.15) is 0 Å². The summed E-state index contributed by atoms with van der Waals surface area (Å²) < 4.78 is 4.38. The molecule has 0 aromatic heterocycles. The molecule has 0 radical (unpaired) electrons. The summed E-state index contributed by atoms with van der Waals surface area (Å²) >= 11 is 0. The first-order valence-electron chi connectivity index (χ1n) is 4.17. The molecule has 0 aliphatic carbocycles. The van der Waals surface area contributed by atoms with Crippen LogP contribution in [0.15, 0.2) is 35.4 Å². The molecule has 0 spiro atoms. The van der Waals surface area contributed by atoms with Crippen molar-refractivity contribution in [2.75, 3.05) is 7.11 Å². The molecule has 1 aromatic carbocycles. The topological polar surface area (TPSA) is 50.7 Å². The van der Waals surface area contributed by atoms with Gasteiger partial charge in [0.25, 0.3) is 0 Å². The Bertz CT molecular complexity index is 333. The Morgan fingerprint density at radius 2 is 2.00 bits per heavy atom. The lowest BCUT2D eigenvalue weighted by Crippen LogP contribution is -2.18. The molecule has 4 heteroatoms. The molecule has 0 bridgehead atoms. The largest absolute Gasteiger partial charge is 0.452 e. The van der Waals surface area contributed by atoms with Crippen LogP contribution in [0, 0.1) is 0 Å². The van der Waals surface area contributed by atoms with Gasteiger partial charge in [-0.2, -0.15) is 5.10 Å². The predicted molar refractivity (Wildman–Crippen MR) is 54.2 cm³/mol. The van der Waals surface area contributed by atoms with Crippen LogP contribution in [-0.2, 0) is 4.74 Å². The van der Waals surface area contributed by atoms with Crippen molar-refractivity contribution in [3.63, 3.8) is 0 Å². The number of amides is 1. The first kappa shape index (κ1) is 10.2. The molecule has 0 atom stereocenters. The Morgan fingerprint density at radius 1 is 1.36 bits per heavy atom. The number of methoxy groups -OCH3 is 1. The quantitative estimate of drug-likeness (QED) is 0.573. The van der Waals surface area contributed by atoms with Gasteiger partial charge in [0.05, 0.1) is 12.8 Å². The van der Waals surface area contributed by atoms with Gasteiger partial charge in [-0.05, 0) is 12.5 Å². The lowest BCUT2D eigenvalue weighted by Gasteiger charge is -2.00. The van der Waals surface area contributed by atoms with E-state index in [4.69, 9.17) is 0 Å². The highest BCUT2D eigenvalue weighted by atomic mass is 16.5. The van der Waals surface area contributed by atoms with E-state index in [1.165, 1.54) is 7.11 Å². The first-order chi connectivity index (χ1) is 6.74. The van der Waals surface area contributed by atoms with Crippen molar-refractivity contribution in [3.05, 3.63) is 35.9 Å². The second-order valence-corrected chi connectivity index (χ2v) is 2.67. The van der Waals surface area contributed by atoms with Crippen molar-refractivity contribution >= 4 is 11.8 Å². The second-order valence-electron chi connectivity index (χ2n) is 2.67. The van der Waals surface area contributed by atoms with Gasteiger partial charge in [0.2, 0.25) is 0 Å². The van der Waals surface area contributed by atoms with E-state index in [9.17, 15) is 4.79 Å². The van der Waals surface area contributed by atoms with Gasteiger partial charge < -0.3 is 4.74 Å². The molecule has 0 aliphatic heterocycles. The monoisotopic (exact) mass is 192 g/mol. The molecule has 0 saturated carbocycles. The summed E-state index contributed by atoms with van der Waals surface area (Å²) in [6.07, 6.45) is -0.569. The third-order valence-corrected chi connectivity index (χ3v) is 1.69. The average molecular weight is 192 g/mol. The summed E-state index contributed by atoms with van der Waals surface area (Å²) in [5, 5.41) is 3.86. The molecule has 1 N–H and O–H groups in total. The molecule has 74 valence electrons. The van der Waals surface area contributed by atoms with E-state index >= 15 is 0 Å². The number of hydrogen-bond donors (Lipinski definition) is 1. The van der Waals surface area contributed by atoms with Crippen LogP contribution < -0.4 is 5.43 Å². The van der Waals surface area contributed by atoms with E-state index in [2.05, 4.69) is 15.3 Å². The summed E-state index contributed by atoms with van der Waals surface area (Å²) in [5.74, 6) is 0. The number of hydrazone groups is 1. The fraction of sp³-hybridized carbons (Fsp3) is 0.200. The molecular weight excluding hydrogens is 180 g/mol. The van der Waals surface area contributed by atoms with Gasteiger partial charge in [-0.3, -0.25) is 0 Å². The Kier molecular flexibility index (Phi) is 3.67. The minimum Gasteiger partial charge on any atom is -0.452 e. The number of benzene rings is 1. The van der Waals surface area contributed by atoms with Crippen LogP contribution in [0.3, 0.4) is 0 Å². The van der Waals surface area contributed by atoms with Crippen LogP contribution >= 0.6 is 0 Å². The van der Waals surface area contributed by atoms with Crippen LogP contribution in [-0.4, -0.2) is 18.9 Å². The van der Waals surface area contributed by atoms with Crippen molar-refractivity contribution < 1.29 is 9.53 Å². The highest BCUT2D eigenvalue weighted by molar-refractivity contribution is 5.98. The number of carbonyl (C=O) groups is 1. The molecule has 0 saturated heterocycles.